The maximum Gasteiger partial charge on any atom is 0.247 e. The Hall–Kier alpha value is -2.51. The van der Waals surface area contributed by atoms with Crippen molar-refractivity contribution in [3.63, 3.8) is 0 Å². The van der Waals surface area contributed by atoms with Crippen LogP contribution in [-0.4, -0.2) is 84.1 Å². The number of aldehydes is 1. The van der Waals surface area contributed by atoms with Crippen LogP contribution in [0.15, 0.2) is 23.8 Å². The number of ketones is 1. The molecule has 0 spiro atoms. The highest BCUT2D eigenvalue weighted by atomic mass is 127. The summed E-state index contributed by atoms with van der Waals surface area (Å²) in [6, 6.07) is 2.37. The van der Waals surface area contributed by atoms with Crippen molar-refractivity contribution in [1.29, 1.82) is 0 Å². The van der Waals surface area contributed by atoms with E-state index >= 15 is 0 Å². The van der Waals surface area contributed by atoms with E-state index in [1.807, 2.05) is 36.4 Å². The van der Waals surface area contributed by atoms with Gasteiger partial charge in [-0.25, -0.2) is 0 Å². The molecular formula is C28H39IN2O8. The van der Waals surface area contributed by atoms with E-state index in [0.29, 0.717) is 46.1 Å². The van der Waals surface area contributed by atoms with Gasteiger partial charge in [0.05, 0.1) is 23.3 Å². The minimum absolute atomic E-state index is 0.00221. The summed E-state index contributed by atoms with van der Waals surface area (Å²) >= 11 is 2.00. The number of aliphatic hydroxyl groups is 2. The first-order chi connectivity index (χ1) is 18.5. The van der Waals surface area contributed by atoms with Crippen molar-refractivity contribution in [3.05, 3.63) is 32.9 Å². The van der Waals surface area contributed by atoms with Crippen LogP contribution in [0.3, 0.4) is 0 Å². The fourth-order valence-electron chi connectivity index (χ4n) is 4.34. The molecule has 0 saturated carbocycles. The van der Waals surface area contributed by atoms with Crippen LogP contribution in [0.1, 0.15) is 63.2 Å². The molecule has 0 radical (unpaired) electrons. The molecule has 10 nitrogen and oxygen atoms in total. The van der Waals surface area contributed by atoms with E-state index in [-0.39, 0.29) is 55.8 Å². The van der Waals surface area contributed by atoms with Crippen LogP contribution in [0.2, 0.25) is 0 Å². The van der Waals surface area contributed by atoms with Gasteiger partial charge in [-0.2, -0.15) is 0 Å². The van der Waals surface area contributed by atoms with E-state index in [4.69, 9.17) is 9.47 Å². The van der Waals surface area contributed by atoms with Crippen molar-refractivity contribution in [3.8, 4) is 11.5 Å². The smallest absolute Gasteiger partial charge is 0.247 e. The van der Waals surface area contributed by atoms with Gasteiger partial charge in [-0.05, 0) is 66.5 Å². The molecule has 2 amide bonds. The van der Waals surface area contributed by atoms with Crippen LogP contribution < -0.4 is 14.8 Å². The number of aliphatic hydroxyl groups excluding tert-OH is 2. The quantitative estimate of drug-likeness (QED) is 0.193. The third-order valence-corrected chi connectivity index (χ3v) is 7.24. The molecule has 1 aromatic carbocycles. The molecule has 3 atom stereocenters. The first-order valence-corrected chi connectivity index (χ1v) is 14.2. The number of ether oxygens (including phenoxy) is 2. The number of carbonyl (C=O) groups is 4. The maximum atomic E-state index is 13.4. The minimum Gasteiger partial charge on any atom is -0.493 e. The predicted octanol–water partition coefficient (Wildman–Crippen LogP) is 2.66. The third kappa shape index (κ3) is 9.57. The number of hydrogen-bond acceptors (Lipinski definition) is 8. The van der Waals surface area contributed by atoms with Crippen LogP contribution >= 0.6 is 22.6 Å². The van der Waals surface area contributed by atoms with Crippen molar-refractivity contribution in [2.45, 2.75) is 71.1 Å². The Morgan fingerprint density at radius 1 is 1.26 bits per heavy atom. The van der Waals surface area contributed by atoms with Crippen LogP contribution in [0.25, 0.3) is 0 Å². The summed E-state index contributed by atoms with van der Waals surface area (Å²) in [7, 11) is 1.43. The summed E-state index contributed by atoms with van der Waals surface area (Å²) in [4.78, 5) is 50.7. The molecule has 39 heavy (non-hydrogen) atoms. The molecule has 0 heterocycles. The molecule has 216 valence electrons. The van der Waals surface area contributed by atoms with Crippen molar-refractivity contribution in [1.82, 2.24) is 10.2 Å². The van der Waals surface area contributed by atoms with Gasteiger partial charge in [0.1, 0.15) is 24.3 Å². The number of carbonyl (C=O) groups excluding carboxylic acids is 4. The molecule has 3 unspecified atom stereocenters. The number of hydrogen-bond donors (Lipinski definition) is 3. The van der Waals surface area contributed by atoms with Gasteiger partial charge in [0.15, 0.2) is 11.5 Å². The van der Waals surface area contributed by atoms with Gasteiger partial charge in [0.25, 0.3) is 0 Å². The largest absolute Gasteiger partial charge is 0.493 e. The summed E-state index contributed by atoms with van der Waals surface area (Å²) in [6.07, 6.45) is 1.60. The minimum atomic E-state index is -1.19. The van der Waals surface area contributed by atoms with E-state index in [2.05, 4.69) is 5.32 Å². The lowest BCUT2D eigenvalue weighted by atomic mass is 9.87. The number of nitrogens with zero attached hydrogens (tertiary/aromatic N) is 1. The van der Waals surface area contributed by atoms with E-state index in [0.717, 1.165) is 0 Å². The molecule has 0 fully saturated rings. The fraction of sp³-hybridized carbons (Fsp3) is 0.571. The molecule has 0 saturated heterocycles. The normalized spacial score (nSPS) is 18.8. The monoisotopic (exact) mass is 658 g/mol. The van der Waals surface area contributed by atoms with Crippen LogP contribution in [0.4, 0.5) is 0 Å². The predicted molar refractivity (Wildman–Crippen MR) is 154 cm³/mol. The SMILES string of the molecule is COc1cc(C=O)cc(I)c1OC1C=C(C(=O)NCCO)CC(N(CCC(C)C)C(=O)CCCC(C)=O)C1O. The summed E-state index contributed by atoms with van der Waals surface area (Å²) in [6.45, 7) is 5.73. The highest BCUT2D eigenvalue weighted by Gasteiger charge is 2.40. The molecule has 1 aliphatic carbocycles. The molecule has 1 aromatic rings. The average molecular weight is 659 g/mol. The topological polar surface area (TPSA) is 142 Å². The molecule has 11 heteroatoms. The molecular weight excluding hydrogens is 619 g/mol. The Morgan fingerprint density at radius 2 is 1.97 bits per heavy atom. The highest BCUT2D eigenvalue weighted by Crippen LogP contribution is 2.37. The van der Waals surface area contributed by atoms with Gasteiger partial charge >= 0.3 is 0 Å². The lowest BCUT2D eigenvalue weighted by Crippen LogP contribution is -2.55. The van der Waals surface area contributed by atoms with Gasteiger partial charge in [0, 0.05) is 43.5 Å². The molecule has 3 N–H and O–H groups in total. The number of nitrogens with one attached hydrogen (secondary N) is 1. The fourth-order valence-corrected chi connectivity index (χ4v) is 5.10. The maximum absolute atomic E-state index is 13.4. The number of methoxy groups -OCH3 is 1. The molecule has 1 aliphatic rings. The van der Waals surface area contributed by atoms with Crippen LogP contribution in [0.5, 0.6) is 11.5 Å². The molecule has 0 aromatic heterocycles. The van der Waals surface area contributed by atoms with Gasteiger partial charge in [-0.3, -0.25) is 14.4 Å². The lowest BCUT2D eigenvalue weighted by Gasteiger charge is -2.41. The zero-order valence-electron chi connectivity index (χ0n) is 22.9. The summed E-state index contributed by atoms with van der Waals surface area (Å²) in [5, 5.41) is 23.3. The van der Waals surface area contributed by atoms with Crippen LogP contribution in [0, 0.1) is 9.49 Å². The van der Waals surface area contributed by atoms with Crippen molar-refractivity contribution >= 4 is 46.5 Å². The molecule has 2 rings (SSSR count). The zero-order chi connectivity index (χ0) is 29.1. The standard InChI is InChI=1S/C28H39IN2O8/c1-17(2)8-10-31(25(35)7-5-6-18(3)34)22-14-20(28(37)30-9-11-32)15-23(26(22)36)39-27-21(29)12-19(16-33)13-24(27)38-4/h12-13,15-17,22-23,26,32,36H,5-11,14H2,1-4H3,(H,30,37). The van der Waals surface area contributed by atoms with Gasteiger partial charge in [-0.1, -0.05) is 13.8 Å². The number of rotatable bonds is 15. The summed E-state index contributed by atoms with van der Waals surface area (Å²) in [5.74, 6) is 0.226. The second-order valence-corrected chi connectivity index (χ2v) is 11.2. The van der Waals surface area contributed by atoms with E-state index < -0.39 is 24.2 Å². The van der Waals surface area contributed by atoms with E-state index in [1.165, 1.54) is 26.2 Å². The van der Waals surface area contributed by atoms with Crippen molar-refractivity contribution in [2.24, 2.45) is 5.92 Å². The average Bonchev–Trinajstić information content (AvgIpc) is 2.89. The van der Waals surface area contributed by atoms with Crippen molar-refractivity contribution in [2.75, 3.05) is 26.8 Å². The summed E-state index contributed by atoms with van der Waals surface area (Å²) in [5.41, 5.74) is 0.703. The number of halogens is 1. The number of benzene rings is 1. The Morgan fingerprint density at radius 3 is 2.56 bits per heavy atom. The highest BCUT2D eigenvalue weighted by molar-refractivity contribution is 14.1. The van der Waals surface area contributed by atoms with Crippen molar-refractivity contribution < 1.29 is 38.9 Å². The lowest BCUT2D eigenvalue weighted by molar-refractivity contribution is -0.139. The van der Waals surface area contributed by atoms with Gasteiger partial charge in [0.2, 0.25) is 11.8 Å². The van der Waals surface area contributed by atoms with E-state index in [1.54, 1.807) is 11.0 Å². The first-order valence-electron chi connectivity index (χ1n) is 13.1. The number of amides is 2. The zero-order valence-corrected chi connectivity index (χ0v) is 25.1. The Bertz CT molecular complexity index is 1060. The molecule has 0 aliphatic heterocycles. The second-order valence-electron chi connectivity index (χ2n) is 9.99. The third-order valence-electron chi connectivity index (χ3n) is 6.44. The Labute approximate surface area is 243 Å². The van der Waals surface area contributed by atoms with E-state index in [9.17, 15) is 29.4 Å². The molecule has 0 bridgehead atoms. The number of Topliss-reactive ketones (excluding diaryl/α,β-unsaturated/α-hetero) is 1. The van der Waals surface area contributed by atoms with Gasteiger partial charge < -0.3 is 34.7 Å². The summed E-state index contributed by atoms with van der Waals surface area (Å²) < 4.78 is 12.2. The van der Waals surface area contributed by atoms with Crippen LogP contribution in [-0.2, 0) is 14.4 Å². The Balaban J connectivity index is 2.47. The first kappa shape index (κ1) is 32.7. The Kier molecular flexibility index (Phi) is 13.4. The van der Waals surface area contributed by atoms with Gasteiger partial charge in [-0.15, -0.1) is 0 Å². The second kappa shape index (κ2) is 15.9.